The number of hydrogen-bond acceptors (Lipinski definition) is 4. The Balaban J connectivity index is 2.72. The van der Waals surface area contributed by atoms with Gasteiger partial charge in [-0.25, -0.2) is 0 Å². The van der Waals surface area contributed by atoms with E-state index in [0.717, 1.165) is 12.1 Å². The van der Waals surface area contributed by atoms with Crippen LogP contribution in [0.4, 0.5) is 18.9 Å². The fourth-order valence-corrected chi connectivity index (χ4v) is 0.908. The molecule has 0 amide bonds. The third-order valence-corrected chi connectivity index (χ3v) is 1.57. The van der Waals surface area contributed by atoms with E-state index in [1.54, 1.807) is 0 Å². The van der Waals surface area contributed by atoms with Crippen LogP contribution in [0, 0.1) is 0 Å². The molecular formula is C9H9F3N4O. The van der Waals surface area contributed by atoms with E-state index >= 15 is 0 Å². The summed E-state index contributed by atoms with van der Waals surface area (Å²) in [6.45, 7) is 0. The number of nitrogens with two attached hydrogens (primary N) is 2. The molecule has 0 aromatic heterocycles. The van der Waals surface area contributed by atoms with Gasteiger partial charge in [0, 0.05) is 0 Å². The fraction of sp³-hybridized carbons (Fsp3) is 0.111. The van der Waals surface area contributed by atoms with E-state index in [4.69, 9.17) is 11.6 Å². The highest BCUT2D eigenvalue weighted by Gasteiger charge is 2.30. The van der Waals surface area contributed by atoms with E-state index in [9.17, 15) is 13.2 Å². The number of nitrogens with zero attached hydrogens (tertiary/aromatic N) is 2. The second-order valence-electron chi connectivity index (χ2n) is 2.85. The van der Waals surface area contributed by atoms with Gasteiger partial charge >= 0.3 is 6.36 Å². The molecule has 4 N–H and O–H groups in total. The Labute approximate surface area is 94.6 Å². The zero-order valence-corrected chi connectivity index (χ0v) is 8.48. The van der Waals surface area contributed by atoms with Crippen molar-refractivity contribution in [3.8, 4) is 5.75 Å². The Hall–Kier alpha value is -2.25. The van der Waals surface area contributed by atoms with Gasteiger partial charge in [0.25, 0.3) is 0 Å². The highest BCUT2D eigenvalue weighted by molar-refractivity contribution is 6.29. The molecule has 0 radical (unpaired) electrons. The molecule has 0 fully saturated rings. The molecule has 0 saturated carbocycles. The van der Waals surface area contributed by atoms with Crippen molar-refractivity contribution in [2.75, 3.05) is 0 Å². The van der Waals surface area contributed by atoms with Gasteiger partial charge in [-0.2, -0.15) is 5.10 Å². The second kappa shape index (κ2) is 5.19. The van der Waals surface area contributed by atoms with E-state index in [-0.39, 0.29) is 11.6 Å². The Morgan fingerprint density at radius 2 is 1.82 bits per heavy atom. The summed E-state index contributed by atoms with van der Waals surface area (Å²) in [6, 6.07) is 4.94. The lowest BCUT2D eigenvalue weighted by atomic mass is 10.3. The monoisotopic (exact) mass is 246 g/mol. The average molecular weight is 246 g/mol. The van der Waals surface area contributed by atoms with Crippen LogP contribution >= 0.6 is 0 Å². The molecule has 0 spiro atoms. The molecule has 5 nitrogen and oxygen atoms in total. The maximum absolute atomic E-state index is 11.8. The van der Waals surface area contributed by atoms with Crippen LogP contribution in [-0.4, -0.2) is 18.4 Å². The van der Waals surface area contributed by atoms with Gasteiger partial charge in [0.15, 0.2) is 5.84 Å². The minimum absolute atomic E-state index is 0.000572. The van der Waals surface area contributed by atoms with E-state index in [1.807, 2.05) is 0 Å². The number of halogens is 3. The van der Waals surface area contributed by atoms with E-state index in [1.165, 1.54) is 18.3 Å². The molecule has 92 valence electrons. The zero-order chi connectivity index (χ0) is 12.9. The smallest absolute Gasteiger partial charge is 0.406 e. The van der Waals surface area contributed by atoms with Crippen LogP contribution in [-0.2, 0) is 0 Å². The van der Waals surface area contributed by atoms with Gasteiger partial charge in [0.1, 0.15) is 5.75 Å². The normalized spacial score (nSPS) is 13.0. The maximum Gasteiger partial charge on any atom is 0.573 e. The molecule has 0 unspecified atom stereocenters. The van der Waals surface area contributed by atoms with Crippen LogP contribution in [0.15, 0.2) is 34.4 Å². The number of amidine groups is 1. The molecule has 17 heavy (non-hydrogen) atoms. The first kappa shape index (κ1) is 12.8. The largest absolute Gasteiger partial charge is 0.573 e. The molecule has 0 bridgehead atoms. The van der Waals surface area contributed by atoms with Crippen LogP contribution in [0.1, 0.15) is 0 Å². The summed E-state index contributed by atoms with van der Waals surface area (Å²) < 4.78 is 39.2. The summed E-state index contributed by atoms with van der Waals surface area (Å²) >= 11 is 0. The summed E-state index contributed by atoms with van der Waals surface area (Å²) in [5, 5.41) is 3.14. The van der Waals surface area contributed by atoms with Crippen molar-refractivity contribution in [3.63, 3.8) is 0 Å². The standard InChI is InChI=1S/C9H9F3N4O/c10-9(11,12)17-7-3-1-6(2-4-7)15-5-8(13)16-14/h1-5H,14H2,(H2,13,16). The summed E-state index contributed by atoms with van der Waals surface area (Å²) in [4.78, 5) is 3.82. The molecule has 0 aliphatic heterocycles. The first-order chi connectivity index (χ1) is 7.90. The van der Waals surface area contributed by atoms with Crippen molar-refractivity contribution in [1.82, 2.24) is 0 Å². The predicted octanol–water partition coefficient (Wildman–Crippen LogP) is 1.52. The lowest BCUT2D eigenvalue weighted by Gasteiger charge is -2.08. The quantitative estimate of drug-likeness (QED) is 0.367. The van der Waals surface area contributed by atoms with E-state index < -0.39 is 6.36 Å². The number of benzene rings is 1. The van der Waals surface area contributed by atoms with Crippen LogP contribution in [0.5, 0.6) is 5.75 Å². The van der Waals surface area contributed by atoms with Gasteiger partial charge in [-0.3, -0.25) is 4.99 Å². The Kier molecular flexibility index (Phi) is 3.91. The number of ether oxygens (including phenoxy) is 1. The second-order valence-corrected chi connectivity index (χ2v) is 2.85. The van der Waals surface area contributed by atoms with Gasteiger partial charge < -0.3 is 16.3 Å². The van der Waals surface area contributed by atoms with Crippen molar-refractivity contribution in [1.29, 1.82) is 0 Å². The third-order valence-electron chi connectivity index (χ3n) is 1.57. The number of aliphatic imine (C=N–C) groups is 1. The Bertz CT molecular complexity index is 425. The lowest BCUT2D eigenvalue weighted by Crippen LogP contribution is -2.16. The Morgan fingerprint density at radius 3 is 2.29 bits per heavy atom. The summed E-state index contributed by atoms with van der Waals surface area (Å²) in [6.07, 6.45) is -3.53. The highest BCUT2D eigenvalue weighted by atomic mass is 19.4. The molecule has 0 heterocycles. The Morgan fingerprint density at radius 1 is 1.24 bits per heavy atom. The molecule has 1 aromatic carbocycles. The molecule has 0 aliphatic carbocycles. The molecule has 1 rings (SSSR count). The van der Waals surface area contributed by atoms with Crippen LogP contribution < -0.4 is 16.3 Å². The van der Waals surface area contributed by atoms with Gasteiger partial charge in [-0.1, -0.05) is 0 Å². The molecule has 0 atom stereocenters. The number of rotatable bonds is 3. The van der Waals surface area contributed by atoms with E-state index in [2.05, 4.69) is 14.8 Å². The van der Waals surface area contributed by atoms with Crippen LogP contribution in [0.25, 0.3) is 0 Å². The maximum atomic E-state index is 11.8. The molecule has 0 aliphatic rings. The van der Waals surface area contributed by atoms with Gasteiger partial charge in [-0.05, 0) is 24.3 Å². The molecule has 1 aromatic rings. The molecule has 0 saturated heterocycles. The van der Waals surface area contributed by atoms with Gasteiger partial charge in [-0.15, -0.1) is 13.2 Å². The summed E-state index contributed by atoms with van der Waals surface area (Å²) in [5.74, 6) is 4.53. The van der Waals surface area contributed by atoms with Crippen LogP contribution in [0.2, 0.25) is 0 Å². The van der Waals surface area contributed by atoms with Crippen molar-refractivity contribution < 1.29 is 17.9 Å². The van der Waals surface area contributed by atoms with Crippen LogP contribution in [0.3, 0.4) is 0 Å². The topological polar surface area (TPSA) is 86.0 Å². The number of hydrogen-bond donors (Lipinski definition) is 2. The number of alkyl halides is 3. The predicted molar refractivity (Wildman–Crippen MR) is 57.1 cm³/mol. The minimum atomic E-state index is -4.71. The van der Waals surface area contributed by atoms with Gasteiger partial charge in [0.05, 0.1) is 11.9 Å². The van der Waals surface area contributed by atoms with E-state index in [0.29, 0.717) is 5.69 Å². The van der Waals surface area contributed by atoms with Crippen molar-refractivity contribution >= 4 is 17.7 Å². The first-order valence-corrected chi connectivity index (χ1v) is 4.34. The molecule has 8 heteroatoms. The lowest BCUT2D eigenvalue weighted by molar-refractivity contribution is -0.274. The third kappa shape index (κ3) is 4.87. The van der Waals surface area contributed by atoms with Gasteiger partial charge in [0.2, 0.25) is 0 Å². The number of hydrazone groups is 1. The van der Waals surface area contributed by atoms with Crippen molar-refractivity contribution in [2.24, 2.45) is 21.7 Å². The molecular weight excluding hydrogens is 237 g/mol. The average Bonchev–Trinajstić information content (AvgIpc) is 2.25. The summed E-state index contributed by atoms with van der Waals surface area (Å²) in [5.41, 5.74) is 5.63. The zero-order valence-electron chi connectivity index (χ0n) is 8.48. The SMILES string of the molecule is NN=C(N)C=Nc1ccc(OC(F)(F)F)cc1. The van der Waals surface area contributed by atoms with Crippen molar-refractivity contribution in [3.05, 3.63) is 24.3 Å². The van der Waals surface area contributed by atoms with Crippen molar-refractivity contribution in [2.45, 2.75) is 6.36 Å². The minimum Gasteiger partial charge on any atom is -0.406 e. The summed E-state index contributed by atoms with van der Waals surface area (Å²) in [7, 11) is 0. The fourth-order valence-electron chi connectivity index (χ4n) is 0.908. The highest BCUT2D eigenvalue weighted by Crippen LogP contribution is 2.24. The first-order valence-electron chi connectivity index (χ1n) is 4.34.